The van der Waals surface area contributed by atoms with Gasteiger partial charge in [-0.1, -0.05) is 5.16 Å². The van der Waals surface area contributed by atoms with Crippen LogP contribution in [0.2, 0.25) is 0 Å². The molecule has 1 amide bonds. The molecule has 2 heterocycles. The first-order valence-corrected chi connectivity index (χ1v) is 8.13. The van der Waals surface area contributed by atoms with Crippen LogP contribution in [-0.2, 0) is 6.54 Å². The predicted octanol–water partition coefficient (Wildman–Crippen LogP) is 2.51. The Balaban J connectivity index is 1.76. The van der Waals surface area contributed by atoms with Crippen LogP contribution in [0.15, 0.2) is 29.0 Å². The first-order chi connectivity index (χ1) is 12.9. The largest absolute Gasteiger partial charge is 0.502 e. The van der Waals surface area contributed by atoms with E-state index in [9.17, 15) is 9.90 Å². The Morgan fingerprint density at radius 2 is 1.93 bits per heavy atom. The molecule has 0 saturated heterocycles. The van der Waals surface area contributed by atoms with Gasteiger partial charge in [0.2, 0.25) is 5.75 Å². The molecule has 0 spiro atoms. The van der Waals surface area contributed by atoms with Gasteiger partial charge in [0.15, 0.2) is 11.5 Å². The summed E-state index contributed by atoms with van der Waals surface area (Å²) in [4.78, 5) is 12.5. The van der Waals surface area contributed by atoms with Crippen LogP contribution >= 0.6 is 0 Å². The van der Waals surface area contributed by atoms with E-state index in [4.69, 9.17) is 14.0 Å². The Hall–Kier alpha value is -3.49. The number of phenolic OH excluding ortho intramolecular Hbond substituents is 1. The number of hydrogen-bond acceptors (Lipinski definition) is 7. The van der Waals surface area contributed by atoms with Gasteiger partial charge in [-0.05, 0) is 26.0 Å². The van der Waals surface area contributed by atoms with Gasteiger partial charge in [-0.25, -0.2) is 0 Å². The molecule has 0 radical (unpaired) electrons. The van der Waals surface area contributed by atoms with Gasteiger partial charge in [0.25, 0.3) is 5.91 Å². The number of carbonyl (C=O) groups excluding carboxylic acids is 1. The molecule has 142 valence electrons. The van der Waals surface area contributed by atoms with Crippen molar-refractivity contribution in [1.29, 1.82) is 0 Å². The summed E-state index contributed by atoms with van der Waals surface area (Å²) in [5, 5.41) is 20.9. The molecule has 3 aromatic rings. The van der Waals surface area contributed by atoms with Crippen LogP contribution in [0.25, 0.3) is 0 Å². The number of aromatic nitrogens is 3. The highest BCUT2D eigenvalue weighted by molar-refractivity contribution is 6.05. The molecule has 2 aromatic heterocycles. The summed E-state index contributed by atoms with van der Waals surface area (Å²) in [5.41, 5.74) is 2.55. The van der Waals surface area contributed by atoms with Gasteiger partial charge in [0.1, 0.15) is 5.76 Å². The van der Waals surface area contributed by atoms with Gasteiger partial charge >= 0.3 is 0 Å². The third-order valence-electron chi connectivity index (χ3n) is 4.13. The monoisotopic (exact) mass is 372 g/mol. The number of hydrogen-bond donors (Lipinski definition) is 2. The molecular formula is C18H20N4O5. The second-order valence-electron chi connectivity index (χ2n) is 5.91. The van der Waals surface area contributed by atoms with Gasteiger partial charge in [-0.15, -0.1) is 0 Å². The lowest BCUT2D eigenvalue weighted by Gasteiger charge is -2.11. The van der Waals surface area contributed by atoms with Crippen molar-refractivity contribution in [1.82, 2.24) is 14.9 Å². The van der Waals surface area contributed by atoms with Gasteiger partial charge in [-0.2, -0.15) is 5.10 Å². The summed E-state index contributed by atoms with van der Waals surface area (Å²) < 4.78 is 17.0. The molecule has 0 aliphatic carbocycles. The molecule has 0 aliphatic heterocycles. The molecule has 0 fully saturated rings. The van der Waals surface area contributed by atoms with E-state index in [1.807, 2.05) is 13.8 Å². The van der Waals surface area contributed by atoms with E-state index in [1.54, 1.807) is 17.1 Å². The second-order valence-corrected chi connectivity index (χ2v) is 5.91. The molecule has 0 saturated carbocycles. The van der Waals surface area contributed by atoms with Crippen molar-refractivity contribution < 1.29 is 23.9 Å². The number of amides is 1. The van der Waals surface area contributed by atoms with E-state index in [0.29, 0.717) is 12.2 Å². The Labute approximate surface area is 155 Å². The van der Waals surface area contributed by atoms with Crippen LogP contribution in [0.1, 0.15) is 27.4 Å². The van der Waals surface area contributed by atoms with E-state index in [-0.39, 0.29) is 28.7 Å². The number of nitrogens with one attached hydrogen (secondary N) is 1. The molecule has 1 aromatic carbocycles. The number of methoxy groups -OCH3 is 2. The van der Waals surface area contributed by atoms with Crippen LogP contribution < -0.4 is 14.8 Å². The number of carbonyl (C=O) groups is 1. The third kappa shape index (κ3) is 3.71. The van der Waals surface area contributed by atoms with E-state index >= 15 is 0 Å². The Morgan fingerprint density at radius 1 is 1.26 bits per heavy atom. The first kappa shape index (κ1) is 18.3. The molecule has 3 rings (SSSR count). The zero-order valence-corrected chi connectivity index (χ0v) is 15.4. The highest BCUT2D eigenvalue weighted by Gasteiger charge is 2.17. The van der Waals surface area contributed by atoms with Gasteiger partial charge in [0, 0.05) is 17.3 Å². The molecule has 2 N–H and O–H groups in total. The fourth-order valence-corrected chi connectivity index (χ4v) is 2.63. The van der Waals surface area contributed by atoms with Crippen molar-refractivity contribution >= 4 is 11.6 Å². The highest BCUT2D eigenvalue weighted by atomic mass is 16.5. The summed E-state index contributed by atoms with van der Waals surface area (Å²) >= 11 is 0. The van der Waals surface area contributed by atoms with Crippen molar-refractivity contribution in [2.45, 2.75) is 20.4 Å². The van der Waals surface area contributed by atoms with Gasteiger partial charge in [0.05, 0.1) is 38.3 Å². The lowest BCUT2D eigenvalue weighted by molar-refractivity contribution is 0.102. The number of anilines is 1. The standard InChI is InChI=1S/C18H20N4O5/c1-10-14(11(2)27-21-10)9-22-8-13(7-19-22)20-18(24)12-5-15(25-3)17(23)16(6-12)26-4/h5-8,23H,9H2,1-4H3,(H,20,24). The quantitative estimate of drug-likeness (QED) is 0.684. The number of aromatic hydroxyl groups is 1. The van der Waals surface area contributed by atoms with E-state index in [0.717, 1.165) is 17.0 Å². The molecule has 0 bridgehead atoms. The van der Waals surface area contributed by atoms with E-state index < -0.39 is 0 Å². The van der Waals surface area contributed by atoms with Crippen LogP contribution in [0.3, 0.4) is 0 Å². The molecule has 27 heavy (non-hydrogen) atoms. The number of nitrogens with zero attached hydrogens (tertiary/aromatic N) is 3. The Bertz CT molecular complexity index is 932. The topological polar surface area (TPSA) is 112 Å². The van der Waals surface area contributed by atoms with E-state index in [1.165, 1.54) is 26.4 Å². The minimum Gasteiger partial charge on any atom is -0.502 e. The lowest BCUT2D eigenvalue weighted by Crippen LogP contribution is -2.12. The number of phenols is 1. The maximum atomic E-state index is 12.5. The maximum Gasteiger partial charge on any atom is 0.256 e. The van der Waals surface area contributed by atoms with Crippen molar-refractivity contribution in [2.75, 3.05) is 19.5 Å². The number of aryl methyl sites for hydroxylation is 2. The molecule has 0 unspecified atom stereocenters. The number of ether oxygens (including phenoxy) is 2. The minimum absolute atomic E-state index is 0.147. The smallest absolute Gasteiger partial charge is 0.256 e. The second kappa shape index (κ2) is 7.40. The lowest BCUT2D eigenvalue weighted by atomic mass is 10.1. The molecule has 9 heteroatoms. The number of benzene rings is 1. The molecule has 9 nitrogen and oxygen atoms in total. The van der Waals surface area contributed by atoms with Gasteiger partial charge < -0.3 is 24.4 Å². The van der Waals surface area contributed by atoms with Crippen molar-refractivity contribution in [3.05, 3.63) is 47.1 Å². The number of rotatable bonds is 6. The van der Waals surface area contributed by atoms with Gasteiger partial charge in [-0.3, -0.25) is 9.48 Å². The van der Waals surface area contributed by atoms with Crippen LogP contribution in [0, 0.1) is 13.8 Å². The van der Waals surface area contributed by atoms with Crippen LogP contribution in [0.5, 0.6) is 17.2 Å². The van der Waals surface area contributed by atoms with Crippen molar-refractivity contribution in [3.63, 3.8) is 0 Å². The Kier molecular flexibility index (Phi) is 5.02. The van der Waals surface area contributed by atoms with E-state index in [2.05, 4.69) is 15.6 Å². The first-order valence-electron chi connectivity index (χ1n) is 8.13. The normalized spacial score (nSPS) is 10.7. The summed E-state index contributed by atoms with van der Waals surface area (Å²) in [7, 11) is 2.80. The van der Waals surface area contributed by atoms with Crippen molar-refractivity contribution in [3.8, 4) is 17.2 Å². The third-order valence-corrected chi connectivity index (χ3v) is 4.13. The summed E-state index contributed by atoms with van der Waals surface area (Å²) in [5.74, 6) is 0.478. The summed E-state index contributed by atoms with van der Waals surface area (Å²) in [6, 6.07) is 2.86. The molecular weight excluding hydrogens is 352 g/mol. The maximum absolute atomic E-state index is 12.5. The fourth-order valence-electron chi connectivity index (χ4n) is 2.63. The SMILES string of the molecule is COc1cc(C(=O)Nc2cnn(Cc3c(C)noc3C)c2)cc(OC)c1O. The average molecular weight is 372 g/mol. The van der Waals surface area contributed by atoms with Crippen LogP contribution in [-0.4, -0.2) is 40.2 Å². The van der Waals surface area contributed by atoms with Crippen LogP contribution in [0.4, 0.5) is 5.69 Å². The summed E-state index contributed by atoms with van der Waals surface area (Å²) in [6.07, 6.45) is 3.25. The zero-order valence-electron chi connectivity index (χ0n) is 15.4. The summed E-state index contributed by atoms with van der Waals surface area (Å²) in [6.45, 7) is 4.19. The highest BCUT2D eigenvalue weighted by Crippen LogP contribution is 2.37. The predicted molar refractivity (Wildman–Crippen MR) is 96.5 cm³/mol. The fraction of sp³-hybridized carbons (Fsp3) is 0.278. The molecule has 0 atom stereocenters. The Morgan fingerprint density at radius 3 is 2.48 bits per heavy atom. The molecule has 0 aliphatic rings. The van der Waals surface area contributed by atoms with Crippen molar-refractivity contribution in [2.24, 2.45) is 0 Å². The average Bonchev–Trinajstić information content (AvgIpc) is 3.23. The minimum atomic E-state index is -0.386. The zero-order chi connectivity index (χ0) is 19.6.